The van der Waals surface area contributed by atoms with Crippen molar-refractivity contribution in [3.63, 3.8) is 0 Å². The van der Waals surface area contributed by atoms with E-state index in [0.717, 1.165) is 18.4 Å². The minimum absolute atomic E-state index is 0.0180. The number of hydrogen-bond donors (Lipinski definition) is 2. The second-order valence-electron chi connectivity index (χ2n) is 7.78. The molecule has 0 bridgehead atoms. The Morgan fingerprint density at radius 1 is 1.20 bits per heavy atom. The second kappa shape index (κ2) is 9.73. The van der Waals surface area contributed by atoms with Crippen LogP contribution in [-0.4, -0.2) is 48.2 Å². The van der Waals surface area contributed by atoms with E-state index in [1.54, 1.807) is 12.0 Å². The predicted octanol–water partition coefficient (Wildman–Crippen LogP) is 1.70. The lowest BCUT2D eigenvalue weighted by molar-refractivity contribution is -0.146. The molecule has 162 valence electrons. The predicted molar refractivity (Wildman–Crippen MR) is 109 cm³/mol. The number of methoxy groups -OCH3 is 1. The Bertz CT molecular complexity index is 825. The number of imide groups is 1. The van der Waals surface area contributed by atoms with Crippen molar-refractivity contribution in [3.05, 3.63) is 29.8 Å². The fraction of sp³-hybridized carbons (Fsp3) is 0.545. The van der Waals surface area contributed by atoms with Gasteiger partial charge in [-0.2, -0.15) is 0 Å². The van der Waals surface area contributed by atoms with Gasteiger partial charge in [0.25, 0.3) is 0 Å². The number of piperidine rings is 2. The Balaban J connectivity index is 1.90. The Morgan fingerprint density at radius 2 is 1.97 bits per heavy atom. The molecule has 1 aromatic carbocycles. The van der Waals surface area contributed by atoms with E-state index >= 15 is 0 Å². The maximum Gasteiger partial charge on any atom is 0.249 e. The molecule has 2 N–H and O–H groups in total. The van der Waals surface area contributed by atoms with Crippen LogP contribution in [0, 0.1) is 5.92 Å². The molecule has 3 rings (SSSR count). The van der Waals surface area contributed by atoms with E-state index < -0.39 is 23.9 Å². The number of likely N-dealkylation sites (tertiary alicyclic amines) is 1. The third kappa shape index (κ3) is 4.63. The molecule has 8 nitrogen and oxygen atoms in total. The van der Waals surface area contributed by atoms with Gasteiger partial charge in [0, 0.05) is 24.9 Å². The first-order valence-electron chi connectivity index (χ1n) is 10.5. The fourth-order valence-electron chi connectivity index (χ4n) is 4.22. The first kappa shape index (κ1) is 21.8. The largest absolute Gasteiger partial charge is 0.496 e. The van der Waals surface area contributed by atoms with Crippen molar-refractivity contribution in [1.82, 2.24) is 15.5 Å². The molecule has 2 fully saturated rings. The summed E-state index contributed by atoms with van der Waals surface area (Å²) in [6.45, 7) is 2.61. The molecule has 0 spiro atoms. The third-order valence-corrected chi connectivity index (χ3v) is 5.81. The van der Waals surface area contributed by atoms with Crippen molar-refractivity contribution in [3.8, 4) is 5.75 Å². The number of benzene rings is 1. The number of amides is 4. The normalized spacial score (nSPS) is 24.4. The maximum atomic E-state index is 13.2. The van der Waals surface area contributed by atoms with Crippen molar-refractivity contribution in [2.24, 2.45) is 5.92 Å². The molecule has 1 aromatic rings. The molecule has 2 aliphatic rings. The third-order valence-electron chi connectivity index (χ3n) is 5.81. The van der Waals surface area contributed by atoms with Crippen LogP contribution in [-0.2, 0) is 19.2 Å². The molecule has 3 atom stereocenters. The molecular formula is C22H29N3O5. The number of rotatable bonds is 7. The summed E-state index contributed by atoms with van der Waals surface area (Å²) in [5, 5.41) is 5.07. The number of unbranched alkanes of at least 4 members (excludes halogenated alkanes) is 1. The first-order valence-corrected chi connectivity index (χ1v) is 10.5. The zero-order chi connectivity index (χ0) is 21.7. The topological polar surface area (TPSA) is 105 Å². The standard InChI is InChI=1S/C22H29N3O5/c1-3-4-13-25-19(27)12-9-15(20(25)14-7-5-6-8-17(14)30-2)21(28)23-16-10-11-18(26)24-22(16)29/h5-8,15-16,20H,3-4,9-13H2,1-2H3,(H,23,28)(H,24,26,29). The minimum Gasteiger partial charge on any atom is -0.496 e. The Hall–Kier alpha value is -2.90. The van der Waals surface area contributed by atoms with Gasteiger partial charge in [0.1, 0.15) is 11.8 Å². The summed E-state index contributed by atoms with van der Waals surface area (Å²) in [5.41, 5.74) is 0.785. The molecule has 0 saturated carbocycles. The van der Waals surface area contributed by atoms with Crippen LogP contribution in [0.5, 0.6) is 5.75 Å². The first-order chi connectivity index (χ1) is 14.5. The van der Waals surface area contributed by atoms with Crippen LogP contribution in [0.4, 0.5) is 0 Å². The summed E-state index contributed by atoms with van der Waals surface area (Å²) in [7, 11) is 1.57. The summed E-state index contributed by atoms with van der Waals surface area (Å²) in [4.78, 5) is 51.3. The molecule has 4 amide bonds. The van der Waals surface area contributed by atoms with Crippen LogP contribution in [0.1, 0.15) is 57.1 Å². The van der Waals surface area contributed by atoms with Gasteiger partial charge in [-0.1, -0.05) is 31.5 Å². The van der Waals surface area contributed by atoms with Crippen molar-refractivity contribution in [2.45, 2.75) is 57.5 Å². The van der Waals surface area contributed by atoms with Gasteiger partial charge in [0.15, 0.2) is 0 Å². The average molecular weight is 415 g/mol. The van der Waals surface area contributed by atoms with Gasteiger partial charge in [-0.25, -0.2) is 0 Å². The lowest BCUT2D eigenvalue weighted by Crippen LogP contribution is -2.55. The van der Waals surface area contributed by atoms with E-state index in [9.17, 15) is 19.2 Å². The van der Waals surface area contributed by atoms with Crippen molar-refractivity contribution < 1.29 is 23.9 Å². The molecule has 0 aromatic heterocycles. The van der Waals surface area contributed by atoms with E-state index in [2.05, 4.69) is 17.6 Å². The molecule has 0 radical (unpaired) electrons. The van der Waals surface area contributed by atoms with Gasteiger partial charge in [-0.15, -0.1) is 0 Å². The molecule has 8 heteroatoms. The Labute approximate surface area is 176 Å². The second-order valence-corrected chi connectivity index (χ2v) is 7.78. The van der Waals surface area contributed by atoms with Crippen molar-refractivity contribution in [2.75, 3.05) is 13.7 Å². The lowest BCUT2D eigenvalue weighted by Gasteiger charge is -2.41. The quantitative estimate of drug-likeness (QED) is 0.660. The van der Waals surface area contributed by atoms with Crippen LogP contribution in [0.2, 0.25) is 0 Å². The summed E-state index contributed by atoms with van der Waals surface area (Å²) in [5.74, 6) is -0.966. The zero-order valence-corrected chi connectivity index (χ0v) is 17.5. The SMILES string of the molecule is CCCCN1C(=O)CCC(C(=O)NC2CCC(=O)NC2=O)C1c1ccccc1OC. The van der Waals surface area contributed by atoms with E-state index in [1.807, 2.05) is 24.3 Å². The van der Waals surface area contributed by atoms with Gasteiger partial charge < -0.3 is 15.0 Å². The molecule has 2 saturated heterocycles. The van der Waals surface area contributed by atoms with Gasteiger partial charge in [0.05, 0.1) is 19.1 Å². The lowest BCUT2D eigenvalue weighted by atomic mass is 9.82. The highest BCUT2D eigenvalue weighted by atomic mass is 16.5. The number of ether oxygens (including phenoxy) is 1. The maximum absolute atomic E-state index is 13.2. The minimum atomic E-state index is -0.741. The van der Waals surface area contributed by atoms with Crippen molar-refractivity contribution >= 4 is 23.6 Å². The van der Waals surface area contributed by atoms with Gasteiger partial charge >= 0.3 is 0 Å². The van der Waals surface area contributed by atoms with E-state index in [0.29, 0.717) is 18.7 Å². The number of hydrogen-bond acceptors (Lipinski definition) is 5. The summed E-state index contributed by atoms with van der Waals surface area (Å²) in [6.07, 6.45) is 2.90. The summed E-state index contributed by atoms with van der Waals surface area (Å²) >= 11 is 0. The van der Waals surface area contributed by atoms with Crippen LogP contribution >= 0.6 is 0 Å². The average Bonchev–Trinajstić information content (AvgIpc) is 2.74. The van der Waals surface area contributed by atoms with Crippen molar-refractivity contribution in [1.29, 1.82) is 0 Å². The zero-order valence-electron chi connectivity index (χ0n) is 17.5. The van der Waals surface area contributed by atoms with E-state index in [4.69, 9.17) is 4.74 Å². The number of carbonyl (C=O) groups excluding carboxylic acids is 4. The Kier molecular flexibility index (Phi) is 7.07. The number of nitrogens with one attached hydrogen (secondary N) is 2. The fourth-order valence-corrected chi connectivity index (χ4v) is 4.22. The number of nitrogens with zero attached hydrogens (tertiary/aromatic N) is 1. The summed E-state index contributed by atoms with van der Waals surface area (Å²) < 4.78 is 5.52. The monoisotopic (exact) mass is 415 g/mol. The molecule has 2 heterocycles. The van der Waals surface area contributed by atoms with Gasteiger partial charge in [-0.05, 0) is 25.3 Å². The van der Waals surface area contributed by atoms with Gasteiger partial charge in [-0.3, -0.25) is 24.5 Å². The highest BCUT2D eigenvalue weighted by Crippen LogP contribution is 2.41. The van der Waals surface area contributed by atoms with Crippen LogP contribution in [0.3, 0.4) is 0 Å². The van der Waals surface area contributed by atoms with Crippen LogP contribution in [0.25, 0.3) is 0 Å². The number of para-hydroxylation sites is 1. The molecule has 30 heavy (non-hydrogen) atoms. The molecule has 2 aliphatic heterocycles. The molecular weight excluding hydrogens is 386 g/mol. The van der Waals surface area contributed by atoms with E-state index in [1.165, 1.54) is 0 Å². The molecule has 0 aliphatic carbocycles. The van der Waals surface area contributed by atoms with Crippen LogP contribution < -0.4 is 15.4 Å². The summed E-state index contributed by atoms with van der Waals surface area (Å²) in [6, 6.07) is 6.21. The highest BCUT2D eigenvalue weighted by Gasteiger charge is 2.42. The highest BCUT2D eigenvalue weighted by molar-refractivity contribution is 6.02. The van der Waals surface area contributed by atoms with E-state index in [-0.39, 0.29) is 37.0 Å². The smallest absolute Gasteiger partial charge is 0.249 e. The van der Waals surface area contributed by atoms with Gasteiger partial charge in [0.2, 0.25) is 23.6 Å². The Morgan fingerprint density at radius 3 is 2.67 bits per heavy atom. The number of carbonyl (C=O) groups is 4. The molecule has 3 unspecified atom stereocenters. The van der Waals surface area contributed by atoms with Crippen LogP contribution in [0.15, 0.2) is 24.3 Å².